The van der Waals surface area contributed by atoms with Crippen LogP contribution in [0, 0.1) is 6.92 Å². The molecular formula is C13H19NO. The Morgan fingerprint density at radius 2 is 1.93 bits per heavy atom. The van der Waals surface area contributed by atoms with Crippen LogP contribution < -0.4 is 0 Å². The van der Waals surface area contributed by atoms with Gasteiger partial charge in [-0.25, -0.2) is 0 Å². The Bertz CT molecular complexity index is 329. The van der Waals surface area contributed by atoms with Gasteiger partial charge in [-0.05, 0) is 25.5 Å². The minimum absolute atomic E-state index is 0.176. The molecule has 1 aromatic rings. The second-order valence-electron chi connectivity index (χ2n) is 3.52. The van der Waals surface area contributed by atoms with Crippen molar-refractivity contribution >= 4 is 5.91 Å². The van der Waals surface area contributed by atoms with Crippen LogP contribution in [0.15, 0.2) is 24.3 Å². The van der Waals surface area contributed by atoms with Gasteiger partial charge in [-0.1, -0.05) is 31.5 Å². The summed E-state index contributed by atoms with van der Waals surface area (Å²) < 4.78 is 0. The van der Waals surface area contributed by atoms with Crippen LogP contribution in [0.5, 0.6) is 0 Å². The Morgan fingerprint density at radius 3 is 2.40 bits per heavy atom. The highest BCUT2D eigenvalue weighted by Crippen LogP contribution is 2.13. The van der Waals surface area contributed by atoms with Crippen LogP contribution in [-0.2, 0) is 0 Å². The summed E-state index contributed by atoms with van der Waals surface area (Å²) in [7, 11) is 0. The van der Waals surface area contributed by atoms with E-state index in [0.717, 1.165) is 30.6 Å². The van der Waals surface area contributed by atoms with Crippen molar-refractivity contribution in [2.45, 2.75) is 27.2 Å². The predicted octanol–water partition coefficient (Wildman–Crippen LogP) is 2.87. The summed E-state index contributed by atoms with van der Waals surface area (Å²) in [5.74, 6) is 0.176. The van der Waals surface area contributed by atoms with E-state index >= 15 is 0 Å². The van der Waals surface area contributed by atoms with Crippen molar-refractivity contribution in [3.05, 3.63) is 35.4 Å². The van der Waals surface area contributed by atoms with Crippen molar-refractivity contribution in [2.24, 2.45) is 0 Å². The van der Waals surface area contributed by atoms with Crippen LogP contribution in [-0.4, -0.2) is 23.9 Å². The first-order valence-electron chi connectivity index (χ1n) is 5.63. The molecule has 0 spiro atoms. The summed E-state index contributed by atoms with van der Waals surface area (Å²) in [6, 6.07) is 7.77. The highest BCUT2D eigenvalue weighted by atomic mass is 16.2. The summed E-state index contributed by atoms with van der Waals surface area (Å²) in [6.45, 7) is 7.85. The number of carbonyl (C=O) groups excluding carboxylic acids is 1. The lowest BCUT2D eigenvalue weighted by molar-refractivity contribution is 0.0652. The first-order valence-corrected chi connectivity index (χ1v) is 5.63. The molecule has 0 bridgehead atoms. The molecule has 0 saturated carbocycles. The largest absolute Gasteiger partial charge is 0.339 e. The fourth-order valence-corrected chi connectivity index (χ4v) is 1.48. The fourth-order valence-electron chi connectivity index (χ4n) is 1.48. The van der Waals surface area contributed by atoms with Crippen LogP contribution in [0.2, 0.25) is 0 Å². The number of amides is 1. The second-order valence-corrected chi connectivity index (χ2v) is 3.52. The maximum atomic E-state index is 11.7. The number of aryl methyl sites for hydroxylation is 1. The Hall–Kier alpha value is -1.31. The topological polar surface area (TPSA) is 20.3 Å². The van der Waals surface area contributed by atoms with Crippen molar-refractivity contribution in [3.8, 4) is 0 Å². The Labute approximate surface area is 91.9 Å². The first-order chi connectivity index (χ1) is 7.27. The van der Waals surface area contributed by atoms with Crippen molar-refractivity contribution in [2.75, 3.05) is 13.1 Å². The van der Waals surface area contributed by atoms with Gasteiger partial charge < -0.3 is 4.90 Å². The maximum absolute atomic E-state index is 11.7. The molecule has 15 heavy (non-hydrogen) atoms. The minimum atomic E-state index is 0.176. The van der Waals surface area contributed by atoms with E-state index in [1.807, 2.05) is 49.9 Å². The van der Waals surface area contributed by atoms with Crippen molar-refractivity contribution in [1.29, 1.82) is 0 Å². The van der Waals surface area contributed by atoms with Gasteiger partial charge in [0.05, 0.1) is 0 Å². The molecular weight excluding hydrogens is 186 g/mol. The van der Waals surface area contributed by atoms with E-state index in [-0.39, 0.29) is 5.91 Å². The quantitative estimate of drug-likeness (QED) is 0.690. The molecule has 1 aliphatic rings. The average molecular weight is 205 g/mol. The molecule has 2 heteroatoms. The SMILES string of the molecule is CC.Cc1cccc(C(=O)N2CCC2)c1. The van der Waals surface area contributed by atoms with Crippen LogP contribution in [0.1, 0.15) is 36.2 Å². The predicted molar refractivity (Wildman–Crippen MR) is 63.0 cm³/mol. The van der Waals surface area contributed by atoms with Gasteiger partial charge in [-0.2, -0.15) is 0 Å². The van der Waals surface area contributed by atoms with Gasteiger partial charge >= 0.3 is 0 Å². The van der Waals surface area contributed by atoms with Crippen LogP contribution in [0.4, 0.5) is 0 Å². The Kier molecular flexibility index (Phi) is 4.35. The van der Waals surface area contributed by atoms with E-state index in [1.165, 1.54) is 0 Å². The fraction of sp³-hybridized carbons (Fsp3) is 0.462. The molecule has 1 saturated heterocycles. The van der Waals surface area contributed by atoms with E-state index in [2.05, 4.69) is 0 Å². The molecule has 1 aromatic carbocycles. The average Bonchev–Trinajstić information content (AvgIpc) is 2.18. The number of rotatable bonds is 1. The van der Waals surface area contributed by atoms with E-state index in [9.17, 15) is 4.79 Å². The molecule has 0 aliphatic carbocycles. The van der Waals surface area contributed by atoms with Crippen LogP contribution in [0.25, 0.3) is 0 Å². The molecule has 0 radical (unpaired) electrons. The Balaban J connectivity index is 0.000000531. The van der Waals surface area contributed by atoms with Crippen LogP contribution >= 0.6 is 0 Å². The molecule has 1 heterocycles. The normalized spacial score (nSPS) is 13.7. The van der Waals surface area contributed by atoms with E-state index in [0.29, 0.717) is 0 Å². The molecule has 82 valence electrons. The third-order valence-corrected chi connectivity index (χ3v) is 2.41. The number of hydrogen-bond acceptors (Lipinski definition) is 1. The summed E-state index contributed by atoms with van der Waals surface area (Å²) in [5.41, 5.74) is 1.96. The number of hydrogen-bond donors (Lipinski definition) is 0. The lowest BCUT2D eigenvalue weighted by atomic mass is 10.1. The molecule has 2 rings (SSSR count). The zero-order valence-corrected chi connectivity index (χ0v) is 9.79. The van der Waals surface area contributed by atoms with Crippen LogP contribution in [0.3, 0.4) is 0 Å². The van der Waals surface area contributed by atoms with Gasteiger partial charge in [0.2, 0.25) is 0 Å². The molecule has 2 nitrogen and oxygen atoms in total. The van der Waals surface area contributed by atoms with Gasteiger partial charge in [0.15, 0.2) is 0 Å². The van der Waals surface area contributed by atoms with Gasteiger partial charge in [-0.3, -0.25) is 4.79 Å². The number of likely N-dealkylation sites (tertiary alicyclic amines) is 1. The zero-order chi connectivity index (χ0) is 11.3. The summed E-state index contributed by atoms with van der Waals surface area (Å²) in [5, 5.41) is 0. The molecule has 0 atom stereocenters. The Morgan fingerprint density at radius 1 is 1.27 bits per heavy atom. The lowest BCUT2D eigenvalue weighted by Crippen LogP contribution is -2.42. The third-order valence-electron chi connectivity index (χ3n) is 2.41. The standard InChI is InChI=1S/C11H13NO.C2H6/c1-9-4-2-5-10(8-9)11(13)12-6-3-7-12;1-2/h2,4-5,8H,3,6-7H2,1H3;1-2H3. The molecule has 1 amide bonds. The molecule has 0 aromatic heterocycles. The number of benzene rings is 1. The monoisotopic (exact) mass is 205 g/mol. The van der Waals surface area contributed by atoms with Gasteiger partial charge in [0.25, 0.3) is 5.91 Å². The maximum Gasteiger partial charge on any atom is 0.253 e. The number of nitrogens with zero attached hydrogens (tertiary/aromatic N) is 1. The van der Waals surface area contributed by atoms with E-state index < -0.39 is 0 Å². The first kappa shape index (κ1) is 11.8. The molecule has 1 fully saturated rings. The second kappa shape index (κ2) is 5.54. The van der Waals surface area contributed by atoms with Crippen molar-refractivity contribution in [1.82, 2.24) is 4.90 Å². The molecule has 1 aliphatic heterocycles. The van der Waals surface area contributed by atoms with Gasteiger partial charge in [-0.15, -0.1) is 0 Å². The summed E-state index contributed by atoms with van der Waals surface area (Å²) in [6.07, 6.45) is 1.15. The smallest absolute Gasteiger partial charge is 0.253 e. The highest BCUT2D eigenvalue weighted by molar-refractivity contribution is 5.94. The van der Waals surface area contributed by atoms with E-state index in [1.54, 1.807) is 0 Å². The summed E-state index contributed by atoms with van der Waals surface area (Å²) in [4.78, 5) is 13.6. The third kappa shape index (κ3) is 2.82. The number of carbonyl (C=O) groups is 1. The summed E-state index contributed by atoms with van der Waals surface area (Å²) >= 11 is 0. The molecule has 0 N–H and O–H groups in total. The zero-order valence-electron chi connectivity index (χ0n) is 9.79. The van der Waals surface area contributed by atoms with Gasteiger partial charge in [0, 0.05) is 18.7 Å². The molecule has 0 unspecified atom stereocenters. The van der Waals surface area contributed by atoms with Crippen molar-refractivity contribution in [3.63, 3.8) is 0 Å². The lowest BCUT2D eigenvalue weighted by Gasteiger charge is -2.30. The van der Waals surface area contributed by atoms with Crippen molar-refractivity contribution < 1.29 is 4.79 Å². The highest BCUT2D eigenvalue weighted by Gasteiger charge is 2.21. The van der Waals surface area contributed by atoms with E-state index in [4.69, 9.17) is 0 Å². The van der Waals surface area contributed by atoms with Gasteiger partial charge in [0.1, 0.15) is 0 Å². The minimum Gasteiger partial charge on any atom is -0.339 e.